The maximum atomic E-state index is 5.96. The molecule has 0 aromatic carbocycles. The van der Waals surface area contributed by atoms with Crippen molar-refractivity contribution in [2.45, 2.75) is 0 Å². The average Bonchev–Trinajstić information content (AvgIpc) is 2.83. The Morgan fingerprint density at radius 3 is 2.71 bits per heavy atom. The zero-order chi connectivity index (χ0) is 12.0. The minimum atomic E-state index is 0.608. The van der Waals surface area contributed by atoms with Gasteiger partial charge in [-0.3, -0.25) is 9.67 Å². The Kier molecular flexibility index (Phi) is 1.91. The van der Waals surface area contributed by atoms with Gasteiger partial charge in [-0.1, -0.05) is 0 Å². The van der Waals surface area contributed by atoms with E-state index in [9.17, 15) is 0 Å². The second-order valence-corrected chi connectivity index (χ2v) is 3.93. The third kappa shape index (κ3) is 1.30. The maximum Gasteiger partial charge on any atom is 0.146 e. The van der Waals surface area contributed by atoms with Crippen molar-refractivity contribution in [3.63, 3.8) is 0 Å². The highest BCUT2D eigenvalue weighted by Crippen LogP contribution is 2.26. The lowest BCUT2D eigenvalue weighted by molar-refractivity contribution is 0.779. The van der Waals surface area contributed by atoms with Crippen molar-refractivity contribution in [3.8, 4) is 11.4 Å². The quantitative estimate of drug-likeness (QED) is 0.673. The van der Waals surface area contributed by atoms with E-state index in [1.807, 2.05) is 24.7 Å². The molecule has 0 amide bonds. The molecule has 86 valence electrons. The summed E-state index contributed by atoms with van der Waals surface area (Å²) in [4.78, 5) is 8.58. The third-order valence-electron chi connectivity index (χ3n) is 2.91. The summed E-state index contributed by atoms with van der Waals surface area (Å²) < 4.78 is 3.62. The Morgan fingerprint density at radius 1 is 1.24 bits per heavy atom. The lowest BCUT2D eigenvalue weighted by Gasteiger charge is -2.01. The van der Waals surface area contributed by atoms with Crippen LogP contribution in [-0.2, 0) is 14.1 Å². The van der Waals surface area contributed by atoms with E-state index >= 15 is 0 Å². The molecule has 3 rings (SSSR count). The van der Waals surface area contributed by atoms with Crippen molar-refractivity contribution < 1.29 is 0 Å². The fourth-order valence-corrected chi connectivity index (χ4v) is 1.91. The monoisotopic (exact) mass is 228 g/mol. The molecule has 0 unspecified atom stereocenters. The molecule has 3 aromatic heterocycles. The molecule has 0 aliphatic heterocycles. The Bertz CT molecular complexity index is 693. The molecule has 6 heteroatoms. The number of rotatable bonds is 1. The van der Waals surface area contributed by atoms with E-state index < -0.39 is 0 Å². The van der Waals surface area contributed by atoms with Crippen molar-refractivity contribution >= 4 is 16.9 Å². The second kappa shape index (κ2) is 3.31. The SMILES string of the molecule is Cn1ncc(-c2nc3cnccc3n2C)c1N. The predicted molar refractivity (Wildman–Crippen MR) is 65.1 cm³/mol. The van der Waals surface area contributed by atoms with Gasteiger partial charge in [0, 0.05) is 20.3 Å². The molecule has 0 aliphatic rings. The number of nitrogens with two attached hydrogens (primary N) is 1. The summed E-state index contributed by atoms with van der Waals surface area (Å²) in [5.41, 5.74) is 8.68. The number of pyridine rings is 1. The van der Waals surface area contributed by atoms with E-state index in [0.29, 0.717) is 5.82 Å². The van der Waals surface area contributed by atoms with Gasteiger partial charge < -0.3 is 10.3 Å². The van der Waals surface area contributed by atoms with Crippen LogP contribution in [0.5, 0.6) is 0 Å². The number of aromatic nitrogens is 5. The van der Waals surface area contributed by atoms with Gasteiger partial charge in [-0.15, -0.1) is 0 Å². The number of hydrogen-bond donors (Lipinski definition) is 1. The molecule has 0 spiro atoms. The zero-order valence-electron chi connectivity index (χ0n) is 9.62. The van der Waals surface area contributed by atoms with Crippen LogP contribution in [0.4, 0.5) is 5.82 Å². The van der Waals surface area contributed by atoms with Crippen LogP contribution in [0.15, 0.2) is 24.7 Å². The van der Waals surface area contributed by atoms with Gasteiger partial charge in [0.05, 0.1) is 23.5 Å². The Morgan fingerprint density at radius 2 is 2.06 bits per heavy atom. The summed E-state index contributed by atoms with van der Waals surface area (Å²) >= 11 is 0. The number of anilines is 1. The van der Waals surface area contributed by atoms with Gasteiger partial charge in [0.25, 0.3) is 0 Å². The maximum absolute atomic E-state index is 5.96. The largest absolute Gasteiger partial charge is 0.383 e. The van der Waals surface area contributed by atoms with E-state index in [2.05, 4.69) is 15.1 Å². The van der Waals surface area contributed by atoms with Crippen molar-refractivity contribution in [3.05, 3.63) is 24.7 Å². The lowest BCUT2D eigenvalue weighted by atomic mass is 10.3. The molecule has 2 N–H and O–H groups in total. The number of hydrogen-bond acceptors (Lipinski definition) is 4. The minimum absolute atomic E-state index is 0.608. The summed E-state index contributed by atoms with van der Waals surface area (Å²) in [6.45, 7) is 0. The molecule has 6 nitrogen and oxygen atoms in total. The molecule has 0 atom stereocenters. The van der Waals surface area contributed by atoms with Crippen LogP contribution < -0.4 is 5.73 Å². The van der Waals surface area contributed by atoms with Crippen LogP contribution in [0.1, 0.15) is 0 Å². The predicted octanol–water partition coefficient (Wildman–Crippen LogP) is 0.951. The number of aryl methyl sites for hydroxylation is 2. The van der Waals surface area contributed by atoms with Gasteiger partial charge >= 0.3 is 0 Å². The Hall–Kier alpha value is -2.37. The molecular formula is C11H12N6. The standard InChI is InChI=1S/C11H12N6/c1-16-9-3-4-13-6-8(9)15-11(16)7-5-14-17(2)10(7)12/h3-6H,12H2,1-2H3. The second-order valence-electron chi connectivity index (χ2n) is 3.93. The first-order chi connectivity index (χ1) is 8.18. The molecule has 0 fully saturated rings. The highest BCUT2D eigenvalue weighted by molar-refractivity contribution is 5.81. The Labute approximate surface area is 97.7 Å². The van der Waals surface area contributed by atoms with Crippen molar-refractivity contribution in [2.75, 3.05) is 5.73 Å². The first-order valence-corrected chi connectivity index (χ1v) is 5.23. The number of fused-ring (bicyclic) bond motifs is 1. The summed E-state index contributed by atoms with van der Waals surface area (Å²) in [5.74, 6) is 1.41. The van der Waals surface area contributed by atoms with Crippen LogP contribution in [-0.4, -0.2) is 24.3 Å². The van der Waals surface area contributed by atoms with E-state index in [1.54, 1.807) is 23.3 Å². The smallest absolute Gasteiger partial charge is 0.146 e. The molecule has 0 saturated heterocycles. The molecule has 0 aliphatic carbocycles. The molecule has 17 heavy (non-hydrogen) atoms. The van der Waals surface area contributed by atoms with E-state index in [-0.39, 0.29) is 0 Å². The highest BCUT2D eigenvalue weighted by atomic mass is 15.3. The van der Waals surface area contributed by atoms with E-state index in [0.717, 1.165) is 22.4 Å². The van der Waals surface area contributed by atoms with Crippen molar-refractivity contribution in [2.24, 2.45) is 14.1 Å². The minimum Gasteiger partial charge on any atom is -0.383 e. The number of nitrogens with zero attached hydrogens (tertiary/aromatic N) is 5. The molecule has 3 heterocycles. The average molecular weight is 228 g/mol. The van der Waals surface area contributed by atoms with Crippen LogP contribution in [0.25, 0.3) is 22.4 Å². The van der Waals surface area contributed by atoms with Gasteiger partial charge in [-0.05, 0) is 6.07 Å². The summed E-state index contributed by atoms with van der Waals surface area (Å²) in [5, 5.41) is 4.13. The number of nitrogen functional groups attached to an aromatic ring is 1. The van der Waals surface area contributed by atoms with Crippen LogP contribution in [0.3, 0.4) is 0 Å². The van der Waals surface area contributed by atoms with Gasteiger partial charge in [-0.25, -0.2) is 4.98 Å². The first kappa shape index (κ1) is 9.83. The fourth-order valence-electron chi connectivity index (χ4n) is 1.91. The molecular weight excluding hydrogens is 216 g/mol. The van der Waals surface area contributed by atoms with Crippen LogP contribution in [0.2, 0.25) is 0 Å². The van der Waals surface area contributed by atoms with E-state index in [4.69, 9.17) is 5.73 Å². The van der Waals surface area contributed by atoms with E-state index in [1.165, 1.54) is 0 Å². The third-order valence-corrected chi connectivity index (χ3v) is 2.91. The summed E-state index contributed by atoms with van der Waals surface area (Å²) in [7, 11) is 3.76. The Balaban J connectivity index is 2.31. The summed E-state index contributed by atoms with van der Waals surface area (Å²) in [6.07, 6.45) is 5.22. The summed E-state index contributed by atoms with van der Waals surface area (Å²) in [6, 6.07) is 1.93. The molecule has 0 radical (unpaired) electrons. The van der Waals surface area contributed by atoms with Gasteiger partial charge in [0.15, 0.2) is 0 Å². The van der Waals surface area contributed by atoms with Crippen LogP contribution >= 0.6 is 0 Å². The molecule has 0 bridgehead atoms. The highest BCUT2D eigenvalue weighted by Gasteiger charge is 2.14. The molecule has 0 saturated carbocycles. The van der Waals surface area contributed by atoms with Gasteiger partial charge in [-0.2, -0.15) is 5.10 Å². The number of imidazole rings is 1. The fraction of sp³-hybridized carbons (Fsp3) is 0.182. The van der Waals surface area contributed by atoms with Crippen LogP contribution in [0, 0.1) is 0 Å². The van der Waals surface area contributed by atoms with Crippen molar-refractivity contribution in [1.29, 1.82) is 0 Å². The molecule has 3 aromatic rings. The van der Waals surface area contributed by atoms with Gasteiger partial charge in [0.2, 0.25) is 0 Å². The first-order valence-electron chi connectivity index (χ1n) is 5.23. The van der Waals surface area contributed by atoms with Crippen molar-refractivity contribution in [1.82, 2.24) is 24.3 Å². The zero-order valence-corrected chi connectivity index (χ0v) is 9.62. The topological polar surface area (TPSA) is 74.5 Å². The normalized spacial score (nSPS) is 11.2. The van der Waals surface area contributed by atoms with Gasteiger partial charge in [0.1, 0.15) is 17.2 Å². The lowest BCUT2D eigenvalue weighted by Crippen LogP contribution is -2.00.